The van der Waals surface area contributed by atoms with Gasteiger partial charge in [0.25, 0.3) is 0 Å². The Morgan fingerprint density at radius 3 is 2.54 bits per heavy atom. The molecule has 0 unspecified atom stereocenters. The Balaban J connectivity index is 3.20. The van der Waals surface area contributed by atoms with Crippen molar-refractivity contribution in [1.82, 2.24) is 0 Å². The zero-order valence-electron chi connectivity index (χ0n) is 6.21. The van der Waals surface area contributed by atoms with E-state index in [0.717, 1.165) is 12.1 Å². The molecule has 1 N–H and O–H groups in total. The van der Waals surface area contributed by atoms with Gasteiger partial charge in [0, 0.05) is 0 Å². The van der Waals surface area contributed by atoms with Crippen LogP contribution in [0.2, 0.25) is 0 Å². The maximum atomic E-state index is 10.8. The van der Waals surface area contributed by atoms with Crippen molar-refractivity contribution < 1.29 is 19.6 Å². The van der Waals surface area contributed by atoms with Crippen LogP contribution in [0.5, 0.6) is 0 Å². The molecule has 0 aliphatic heterocycles. The van der Waals surface area contributed by atoms with Gasteiger partial charge in [-0.1, -0.05) is 0 Å². The molecular weight excluding hydrogens is 180 g/mol. The average molecular weight is 184 g/mol. The van der Waals surface area contributed by atoms with Crippen molar-refractivity contribution in [2.24, 2.45) is 0 Å². The van der Waals surface area contributed by atoms with Crippen LogP contribution in [-0.2, 0) is 0 Å². The van der Waals surface area contributed by atoms with Gasteiger partial charge in [-0.25, -0.2) is 4.79 Å². The Hall–Kier alpha value is -2.18. The highest BCUT2D eigenvalue weighted by Gasteiger charge is 2.19. The quantitative estimate of drug-likeness (QED) is 0.299. The summed E-state index contributed by atoms with van der Waals surface area (Å²) in [6.45, 7) is 0. The molecular formula is C6H4N2O5. The van der Waals surface area contributed by atoms with E-state index < -0.39 is 16.7 Å². The van der Waals surface area contributed by atoms with Gasteiger partial charge >= 0.3 is 11.8 Å². The third kappa shape index (κ3) is 1.70. The van der Waals surface area contributed by atoms with Gasteiger partial charge in [0.15, 0.2) is 0 Å². The van der Waals surface area contributed by atoms with E-state index in [-0.39, 0.29) is 10.3 Å². The lowest BCUT2D eigenvalue weighted by Gasteiger charge is -1.96. The van der Waals surface area contributed by atoms with E-state index in [9.17, 15) is 20.1 Å². The molecule has 13 heavy (non-hydrogen) atoms. The van der Waals surface area contributed by atoms with Crippen molar-refractivity contribution in [1.29, 1.82) is 0 Å². The topological polar surface area (TPSA) is 107 Å². The number of carboxylic acid groups (broad SMARTS) is 1. The van der Waals surface area contributed by atoms with Crippen molar-refractivity contribution in [3.63, 3.8) is 0 Å². The molecule has 0 saturated heterocycles. The van der Waals surface area contributed by atoms with E-state index in [1.54, 1.807) is 0 Å². The van der Waals surface area contributed by atoms with Gasteiger partial charge in [-0.3, -0.25) is 10.1 Å². The summed E-state index contributed by atoms with van der Waals surface area (Å²) in [7, 11) is 0. The molecule has 0 bridgehead atoms. The SMILES string of the molecule is O=C(O)c1ccc([N+](=O)[O-])[n+]([O-])c1. The lowest BCUT2D eigenvalue weighted by molar-refractivity contribution is -0.664. The second kappa shape index (κ2) is 3.05. The molecule has 1 heterocycles. The highest BCUT2D eigenvalue weighted by Crippen LogP contribution is 2.04. The van der Waals surface area contributed by atoms with Crippen LogP contribution in [0.15, 0.2) is 18.3 Å². The summed E-state index contributed by atoms with van der Waals surface area (Å²) in [4.78, 5) is 19.6. The molecule has 0 fully saturated rings. The normalized spacial score (nSPS) is 9.54. The summed E-state index contributed by atoms with van der Waals surface area (Å²) in [5.41, 5.74) is -0.291. The first-order valence-electron chi connectivity index (χ1n) is 3.13. The monoisotopic (exact) mass is 184 g/mol. The van der Waals surface area contributed by atoms with E-state index in [4.69, 9.17) is 5.11 Å². The number of aromatic nitrogens is 1. The molecule has 0 atom stereocenters. The fourth-order valence-electron chi connectivity index (χ4n) is 0.741. The highest BCUT2D eigenvalue weighted by atomic mass is 16.6. The van der Waals surface area contributed by atoms with Gasteiger partial charge in [-0.15, -0.1) is 4.73 Å². The minimum Gasteiger partial charge on any atom is -0.614 e. The van der Waals surface area contributed by atoms with E-state index in [1.165, 1.54) is 0 Å². The molecule has 7 nitrogen and oxygen atoms in total. The second-order valence-corrected chi connectivity index (χ2v) is 2.16. The zero-order chi connectivity index (χ0) is 10.0. The number of nitrogens with zero attached hydrogens (tertiary/aromatic N) is 2. The first-order valence-corrected chi connectivity index (χ1v) is 3.13. The highest BCUT2D eigenvalue weighted by molar-refractivity contribution is 5.86. The van der Waals surface area contributed by atoms with Crippen LogP contribution in [0.1, 0.15) is 10.4 Å². The summed E-state index contributed by atoms with van der Waals surface area (Å²) < 4.78 is -0.0938. The molecule has 0 amide bonds. The van der Waals surface area contributed by atoms with Crippen LogP contribution in [-0.4, -0.2) is 16.0 Å². The predicted molar refractivity (Wildman–Crippen MR) is 39.0 cm³/mol. The fraction of sp³-hybridized carbons (Fsp3) is 0. The van der Waals surface area contributed by atoms with Gasteiger partial charge in [0.2, 0.25) is 6.20 Å². The number of carboxylic acids is 1. The molecule has 0 spiro atoms. The molecule has 7 heteroatoms. The van der Waals surface area contributed by atoms with Crippen molar-refractivity contribution in [3.8, 4) is 0 Å². The summed E-state index contributed by atoms with van der Waals surface area (Å²) in [6.07, 6.45) is 0.639. The van der Waals surface area contributed by atoms with Crippen LogP contribution in [0, 0.1) is 15.3 Å². The number of hydrogen-bond donors (Lipinski definition) is 1. The molecule has 68 valence electrons. The largest absolute Gasteiger partial charge is 0.614 e. The molecule has 0 radical (unpaired) electrons. The van der Waals surface area contributed by atoms with Gasteiger partial charge in [-0.2, -0.15) is 0 Å². The van der Waals surface area contributed by atoms with Gasteiger partial charge in [-0.05, 0) is 6.07 Å². The maximum absolute atomic E-state index is 10.8. The standard InChI is InChI=1S/C6H4N2O5/c9-6(10)4-1-2-5(8(12)13)7(11)3-4/h1-3H,(H,9,10). The summed E-state index contributed by atoms with van der Waals surface area (Å²) in [6, 6.07) is 1.84. The summed E-state index contributed by atoms with van der Waals surface area (Å²) >= 11 is 0. The summed E-state index contributed by atoms with van der Waals surface area (Å²) in [5.74, 6) is -2.01. The fourth-order valence-corrected chi connectivity index (χ4v) is 0.741. The zero-order valence-corrected chi connectivity index (χ0v) is 6.21. The van der Waals surface area contributed by atoms with Crippen LogP contribution in [0.4, 0.5) is 5.82 Å². The van der Waals surface area contributed by atoms with Crippen LogP contribution in [0.25, 0.3) is 0 Å². The minimum atomic E-state index is -1.31. The molecule has 1 aromatic heterocycles. The molecule has 0 saturated carbocycles. The average Bonchev–Trinajstić information content (AvgIpc) is 2.03. The first-order chi connectivity index (χ1) is 6.02. The lowest BCUT2D eigenvalue weighted by Crippen LogP contribution is -2.30. The predicted octanol–water partition coefficient (Wildman–Crippen LogP) is -0.0736. The third-order valence-corrected chi connectivity index (χ3v) is 1.33. The van der Waals surface area contributed by atoms with E-state index in [0.29, 0.717) is 6.20 Å². The maximum Gasteiger partial charge on any atom is 0.512 e. The molecule has 0 aliphatic rings. The van der Waals surface area contributed by atoms with Crippen LogP contribution in [0.3, 0.4) is 0 Å². The Morgan fingerprint density at radius 2 is 2.15 bits per heavy atom. The molecule has 1 rings (SSSR count). The smallest absolute Gasteiger partial charge is 0.512 e. The summed E-state index contributed by atoms with van der Waals surface area (Å²) in [5, 5.41) is 29.4. The Morgan fingerprint density at radius 1 is 1.54 bits per heavy atom. The van der Waals surface area contributed by atoms with Crippen molar-refractivity contribution in [2.75, 3.05) is 0 Å². The van der Waals surface area contributed by atoms with E-state index in [1.807, 2.05) is 0 Å². The lowest BCUT2D eigenvalue weighted by atomic mass is 10.3. The Bertz CT molecular complexity index is 375. The van der Waals surface area contributed by atoms with E-state index in [2.05, 4.69) is 0 Å². The Kier molecular flexibility index (Phi) is 2.09. The third-order valence-electron chi connectivity index (χ3n) is 1.33. The molecule has 0 aliphatic carbocycles. The Labute approximate surface area is 71.6 Å². The number of pyridine rings is 1. The van der Waals surface area contributed by atoms with E-state index >= 15 is 0 Å². The van der Waals surface area contributed by atoms with Crippen LogP contribution >= 0.6 is 0 Å². The molecule has 1 aromatic rings. The van der Waals surface area contributed by atoms with Crippen molar-refractivity contribution in [3.05, 3.63) is 39.2 Å². The van der Waals surface area contributed by atoms with Gasteiger partial charge in [0.05, 0.1) is 6.07 Å². The van der Waals surface area contributed by atoms with Crippen LogP contribution < -0.4 is 4.73 Å². The van der Waals surface area contributed by atoms with Crippen molar-refractivity contribution >= 4 is 11.8 Å². The molecule has 0 aromatic carbocycles. The number of nitro groups is 1. The van der Waals surface area contributed by atoms with Gasteiger partial charge < -0.3 is 10.3 Å². The van der Waals surface area contributed by atoms with Crippen molar-refractivity contribution in [2.45, 2.75) is 0 Å². The number of aromatic carboxylic acids is 1. The van der Waals surface area contributed by atoms with Gasteiger partial charge in [0.1, 0.15) is 10.5 Å². The first kappa shape index (κ1) is 8.91. The number of carbonyl (C=O) groups is 1. The number of rotatable bonds is 2. The number of hydrogen-bond acceptors (Lipinski definition) is 4. The minimum absolute atomic E-state index is 0.0938. The second-order valence-electron chi connectivity index (χ2n) is 2.16.